The highest BCUT2D eigenvalue weighted by atomic mass is 14.9. The van der Waals surface area contributed by atoms with Crippen molar-refractivity contribution in [2.45, 2.75) is 52.0 Å². The molecule has 80 valence electrons. The highest BCUT2D eigenvalue weighted by molar-refractivity contribution is 4.64. The van der Waals surface area contributed by atoms with Crippen LogP contribution in [0.1, 0.15) is 46.0 Å². The summed E-state index contributed by atoms with van der Waals surface area (Å²) in [4.78, 5) is 0. The molecule has 2 N–H and O–H groups in total. The molecule has 0 saturated carbocycles. The fourth-order valence-electron chi connectivity index (χ4n) is 1.47. The summed E-state index contributed by atoms with van der Waals surface area (Å²) in [6.45, 7) is 6.80. The maximum absolute atomic E-state index is 3.60. The van der Waals surface area contributed by atoms with Crippen LogP contribution in [0, 0.1) is 0 Å². The summed E-state index contributed by atoms with van der Waals surface area (Å²) in [6.07, 6.45) is 6.51. The molecule has 0 spiro atoms. The molecule has 0 aliphatic heterocycles. The second kappa shape index (κ2) is 10.0. The molecule has 0 aromatic rings. The molecule has 13 heavy (non-hydrogen) atoms. The van der Waals surface area contributed by atoms with Crippen LogP contribution in [0.15, 0.2) is 0 Å². The van der Waals surface area contributed by atoms with Crippen molar-refractivity contribution < 1.29 is 0 Å². The summed E-state index contributed by atoms with van der Waals surface area (Å²) in [5, 5.41) is 6.76. The number of nitrogens with one attached hydrogen (secondary N) is 2. The van der Waals surface area contributed by atoms with Gasteiger partial charge in [0, 0.05) is 6.04 Å². The van der Waals surface area contributed by atoms with Crippen molar-refractivity contribution in [1.82, 2.24) is 10.6 Å². The summed E-state index contributed by atoms with van der Waals surface area (Å²) < 4.78 is 0. The summed E-state index contributed by atoms with van der Waals surface area (Å²) >= 11 is 0. The molecule has 0 radical (unpaired) electrons. The molecule has 0 saturated heterocycles. The largest absolute Gasteiger partial charge is 0.320 e. The Bertz CT molecular complexity index is 94.1. The fraction of sp³-hybridized carbons (Fsp3) is 1.00. The van der Waals surface area contributed by atoms with Gasteiger partial charge in [0.25, 0.3) is 0 Å². The zero-order valence-corrected chi connectivity index (χ0v) is 9.53. The highest BCUT2D eigenvalue weighted by Gasteiger charge is 2.02. The molecule has 0 fully saturated rings. The Morgan fingerprint density at radius 1 is 1.08 bits per heavy atom. The van der Waals surface area contributed by atoms with E-state index in [9.17, 15) is 0 Å². The van der Waals surface area contributed by atoms with Crippen molar-refractivity contribution in [1.29, 1.82) is 0 Å². The van der Waals surface area contributed by atoms with Crippen LogP contribution in [0.5, 0.6) is 0 Å². The normalized spacial score (nSPS) is 13.2. The van der Waals surface area contributed by atoms with Crippen LogP contribution < -0.4 is 10.6 Å². The van der Waals surface area contributed by atoms with E-state index >= 15 is 0 Å². The summed E-state index contributed by atoms with van der Waals surface area (Å²) in [5.74, 6) is 0. The van der Waals surface area contributed by atoms with Crippen molar-refractivity contribution in [2.24, 2.45) is 0 Å². The summed E-state index contributed by atoms with van der Waals surface area (Å²) in [5.41, 5.74) is 0. The Kier molecular flexibility index (Phi) is 9.94. The first-order chi connectivity index (χ1) is 6.35. The lowest BCUT2D eigenvalue weighted by atomic mass is 10.1. The molecular formula is C11H26N2. The van der Waals surface area contributed by atoms with Crippen LogP contribution in [-0.4, -0.2) is 26.2 Å². The van der Waals surface area contributed by atoms with E-state index in [1.807, 2.05) is 7.05 Å². The van der Waals surface area contributed by atoms with Crippen LogP contribution in [0.3, 0.4) is 0 Å². The van der Waals surface area contributed by atoms with Crippen LogP contribution in [-0.2, 0) is 0 Å². The van der Waals surface area contributed by atoms with E-state index in [0.717, 1.165) is 19.1 Å². The van der Waals surface area contributed by atoms with Gasteiger partial charge in [0.15, 0.2) is 0 Å². The Morgan fingerprint density at radius 2 is 1.85 bits per heavy atom. The Morgan fingerprint density at radius 3 is 2.38 bits per heavy atom. The average molecular weight is 186 g/mol. The quantitative estimate of drug-likeness (QED) is 0.539. The van der Waals surface area contributed by atoms with Gasteiger partial charge in [0.05, 0.1) is 0 Å². The number of hydrogen-bond donors (Lipinski definition) is 2. The summed E-state index contributed by atoms with van der Waals surface area (Å²) in [6, 6.07) is 0.747. The first kappa shape index (κ1) is 12.9. The van der Waals surface area contributed by atoms with Crippen molar-refractivity contribution >= 4 is 0 Å². The Balaban J connectivity index is 3.25. The van der Waals surface area contributed by atoms with Gasteiger partial charge in [-0.1, -0.05) is 26.7 Å². The molecule has 1 unspecified atom stereocenters. The minimum atomic E-state index is 0.747. The highest BCUT2D eigenvalue weighted by Crippen LogP contribution is 2.03. The number of rotatable bonds is 9. The third kappa shape index (κ3) is 8.26. The Labute approximate surface area is 83.5 Å². The monoisotopic (exact) mass is 186 g/mol. The molecule has 2 heteroatoms. The van der Waals surface area contributed by atoms with Gasteiger partial charge in [0.2, 0.25) is 0 Å². The van der Waals surface area contributed by atoms with E-state index in [4.69, 9.17) is 0 Å². The van der Waals surface area contributed by atoms with Gasteiger partial charge in [-0.3, -0.25) is 0 Å². The van der Waals surface area contributed by atoms with E-state index in [2.05, 4.69) is 24.5 Å². The molecule has 0 aliphatic rings. The van der Waals surface area contributed by atoms with Crippen LogP contribution in [0.4, 0.5) is 0 Å². The van der Waals surface area contributed by atoms with Crippen molar-refractivity contribution in [3.8, 4) is 0 Å². The van der Waals surface area contributed by atoms with Crippen molar-refractivity contribution in [2.75, 3.05) is 20.1 Å². The van der Waals surface area contributed by atoms with E-state index < -0.39 is 0 Å². The SMILES string of the molecule is CCCCC(CC)NCCCNC. The first-order valence-corrected chi connectivity index (χ1v) is 5.73. The summed E-state index contributed by atoms with van der Waals surface area (Å²) in [7, 11) is 2.01. The van der Waals surface area contributed by atoms with Crippen LogP contribution in [0.25, 0.3) is 0 Å². The molecule has 0 amide bonds. The van der Waals surface area contributed by atoms with Crippen LogP contribution in [0.2, 0.25) is 0 Å². The smallest absolute Gasteiger partial charge is 0.00644 e. The molecule has 1 atom stereocenters. The van der Waals surface area contributed by atoms with Gasteiger partial charge in [-0.05, 0) is 39.4 Å². The topological polar surface area (TPSA) is 24.1 Å². The van der Waals surface area contributed by atoms with Gasteiger partial charge in [-0.15, -0.1) is 0 Å². The van der Waals surface area contributed by atoms with Gasteiger partial charge in [-0.25, -0.2) is 0 Å². The van der Waals surface area contributed by atoms with E-state index in [0.29, 0.717) is 0 Å². The molecule has 0 heterocycles. The van der Waals surface area contributed by atoms with E-state index in [1.165, 1.54) is 32.1 Å². The minimum absolute atomic E-state index is 0.747. The second-order valence-electron chi connectivity index (χ2n) is 3.66. The fourth-order valence-corrected chi connectivity index (χ4v) is 1.47. The van der Waals surface area contributed by atoms with Crippen molar-refractivity contribution in [3.63, 3.8) is 0 Å². The molecule has 2 nitrogen and oxygen atoms in total. The lowest BCUT2D eigenvalue weighted by Gasteiger charge is -2.16. The second-order valence-corrected chi connectivity index (χ2v) is 3.66. The molecular weight excluding hydrogens is 160 g/mol. The molecule has 0 aromatic carbocycles. The third-order valence-corrected chi connectivity index (χ3v) is 2.44. The Hall–Kier alpha value is -0.0800. The van der Waals surface area contributed by atoms with Gasteiger partial charge < -0.3 is 10.6 Å². The van der Waals surface area contributed by atoms with Gasteiger partial charge in [0.1, 0.15) is 0 Å². The predicted octanol–water partition coefficient (Wildman–Crippen LogP) is 2.15. The molecule has 0 bridgehead atoms. The van der Waals surface area contributed by atoms with E-state index in [1.54, 1.807) is 0 Å². The number of hydrogen-bond acceptors (Lipinski definition) is 2. The maximum atomic E-state index is 3.60. The van der Waals surface area contributed by atoms with Crippen LogP contribution >= 0.6 is 0 Å². The van der Waals surface area contributed by atoms with E-state index in [-0.39, 0.29) is 0 Å². The zero-order valence-electron chi connectivity index (χ0n) is 9.53. The molecule has 0 rings (SSSR count). The first-order valence-electron chi connectivity index (χ1n) is 5.73. The number of unbranched alkanes of at least 4 members (excludes halogenated alkanes) is 1. The van der Waals surface area contributed by atoms with Gasteiger partial charge in [-0.2, -0.15) is 0 Å². The molecule has 0 aromatic heterocycles. The standard InChI is InChI=1S/C11H26N2/c1-4-6-8-11(5-2)13-10-7-9-12-3/h11-13H,4-10H2,1-3H3. The van der Waals surface area contributed by atoms with Gasteiger partial charge >= 0.3 is 0 Å². The minimum Gasteiger partial charge on any atom is -0.320 e. The van der Waals surface area contributed by atoms with Crippen molar-refractivity contribution in [3.05, 3.63) is 0 Å². The average Bonchev–Trinajstić information content (AvgIpc) is 2.17. The zero-order chi connectivity index (χ0) is 9.94. The lowest BCUT2D eigenvalue weighted by Crippen LogP contribution is -2.30. The molecule has 0 aliphatic carbocycles. The predicted molar refractivity (Wildman–Crippen MR) is 60.2 cm³/mol. The maximum Gasteiger partial charge on any atom is 0.00644 e. The third-order valence-electron chi connectivity index (χ3n) is 2.44. The lowest BCUT2D eigenvalue weighted by molar-refractivity contribution is 0.447.